The number of ether oxygens (including phenoxy) is 4. The van der Waals surface area contributed by atoms with Crippen LogP contribution in [0.4, 0.5) is 0 Å². The Kier molecular flexibility index (Phi) is 10.8. The SMILES string of the molecule is CCOC(=O)/C=C(/C(=O)OCC)n1cc(Cl)c(=O)n(/C(=C\C(=O)OCC)C(=O)OCC)c1=O. The van der Waals surface area contributed by atoms with E-state index >= 15 is 0 Å². The predicted octanol–water partition coefficient (Wildman–Crippen LogP) is 0.598. The van der Waals surface area contributed by atoms with Crippen LogP contribution in [0, 0.1) is 0 Å². The number of hydrogen-bond donors (Lipinski definition) is 0. The molecule has 1 aromatic rings. The smallest absolute Gasteiger partial charge is 0.355 e. The van der Waals surface area contributed by atoms with Crippen LogP contribution in [0.5, 0.6) is 0 Å². The average molecular weight is 487 g/mol. The van der Waals surface area contributed by atoms with Crippen LogP contribution < -0.4 is 11.2 Å². The monoisotopic (exact) mass is 486 g/mol. The fourth-order valence-electron chi connectivity index (χ4n) is 2.35. The molecule has 0 atom stereocenters. The molecule has 0 aromatic carbocycles. The lowest BCUT2D eigenvalue weighted by molar-refractivity contribution is -0.139. The van der Waals surface area contributed by atoms with Crippen LogP contribution in [-0.2, 0) is 38.1 Å². The molecule has 0 radical (unpaired) electrons. The van der Waals surface area contributed by atoms with E-state index in [9.17, 15) is 28.8 Å². The standard InChI is InChI=1S/C20H23ClN2O10/c1-5-30-15(24)9-13(18(27)32-7-3)22-11-12(21)17(26)23(20(22)29)14(19(28)33-8-4)10-16(25)31-6-2/h9-11H,5-8H2,1-4H3/b13-9-,14-10-. The summed E-state index contributed by atoms with van der Waals surface area (Å²) in [5.41, 5.74) is -3.99. The molecule has 1 rings (SSSR count). The molecule has 0 aliphatic rings. The highest BCUT2D eigenvalue weighted by Gasteiger charge is 2.26. The Morgan fingerprint density at radius 3 is 1.67 bits per heavy atom. The van der Waals surface area contributed by atoms with E-state index in [0.29, 0.717) is 16.7 Å². The second kappa shape index (κ2) is 13.0. The second-order valence-corrected chi connectivity index (χ2v) is 6.18. The summed E-state index contributed by atoms with van der Waals surface area (Å²) in [6.45, 7) is 5.60. The molecule has 1 heterocycles. The van der Waals surface area contributed by atoms with Gasteiger partial charge >= 0.3 is 29.6 Å². The molecule has 180 valence electrons. The third kappa shape index (κ3) is 7.17. The van der Waals surface area contributed by atoms with Crippen molar-refractivity contribution in [2.24, 2.45) is 0 Å². The first-order valence-electron chi connectivity index (χ1n) is 9.78. The number of rotatable bonds is 10. The third-order valence-corrected chi connectivity index (χ3v) is 3.86. The summed E-state index contributed by atoms with van der Waals surface area (Å²) >= 11 is 5.95. The van der Waals surface area contributed by atoms with E-state index in [1.165, 1.54) is 27.7 Å². The molecular weight excluding hydrogens is 464 g/mol. The lowest BCUT2D eigenvalue weighted by atomic mass is 10.3. The first kappa shape index (κ1) is 27.4. The fraction of sp³-hybridized carbons (Fsp3) is 0.400. The van der Waals surface area contributed by atoms with Crippen LogP contribution in [-0.4, -0.2) is 59.4 Å². The first-order valence-corrected chi connectivity index (χ1v) is 10.2. The van der Waals surface area contributed by atoms with Gasteiger partial charge in [0.2, 0.25) is 0 Å². The van der Waals surface area contributed by atoms with Gasteiger partial charge in [-0.25, -0.2) is 28.5 Å². The molecule has 0 bridgehead atoms. The van der Waals surface area contributed by atoms with Gasteiger partial charge in [-0.3, -0.25) is 9.36 Å². The lowest BCUT2D eigenvalue weighted by Gasteiger charge is -2.14. The molecular formula is C20H23ClN2O10. The second-order valence-electron chi connectivity index (χ2n) is 5.77. The van der Waals surface area contributed by atoms with Crippen molar-refractivity contribution in [3.8, 4) is 0 Å². The largest absolute Gasteiger partial charge is 0.463 e. The topological polar surface area (TPSA) is 149 Å². The minimum Gasteiger partial charge on any atom is -0.463 e. The Hall–Kier alpha value is -3.67. The van der Waals surface area contributed by atoms with Crippen molar-refractivity contribution in [2.45, 2.75) is 27.7 Å². The molecule has 1 aromatic heterocycles. The Morgan fingerprint density at radius 1 is 0.788 bits per heavy atom. The lowest BCUT2D eigenvalue weighted by Crippen LogP contribution is -2.42. The van der Waals surface area contributed by atoms with Gasteiger partial charge in [0.15, 0.2) is 0 Å². The highest BCUT2D eigenvalue weighted by atomic mass is 35.5. The summed E-state index contributed by atoms with van der Waals surface area (Å²) in [6.07, 6.45) is 2.00. The minimum absolute atomic E-state index is 0.0319. The van der Waals surface area contributed by atoms with Gasteiger partial charge in [-0.1, -0.05) is 11.6 Å². The molecule has 33 heavy (non-hydrogen) atoms. The number of carbonyl (C=O) groups excluding carboxylic acids is 4. The van der Waals surface area contributed by atoms with Gasteiger partial charge < -0.3 is 18.9 Å². The van der Waals surface area contributed by atoms with E-state index in [0.717, 1.165) is 6.20 Å². The van der Waals surface area contributed by atoms with E-state index in [4.69, 9.17) is 30.5 Å². The summed E-state index contributed by atoms with van der Waals surface area (Å²) in [5.74, 6) is -4.38. The first-order chi connectivity index (χ1) is 15.6. The molecule has 0 amide bonds. The number of hydrogen-bond acceptors (Lipinski definition) is 10. The molecule has 0 fully saturated rings. The molecule has 0 spiro atoms. The predicted molar refractivity (Wildman–Crippen MR) is 115 cm³/mol. The van der Waals surface area contributed by atoms with E-state index in [1.54, 1.807) is 0 Å². The van der Waals surface area contributed by atoms with Gasteiger partial charge in [0.05, 0.1) is 38.6 Å². The maximum atomic E-state index is 13.2. The minimum atomic E-state index is -1.32. The van der Waals surface area contributed by atoms with Crippen molar-refractivity contribution in [3.05, 3.63) is 44.2 Å². The van der Waals surface area contributed by atoms with Crippen LogP contribution in [0.15, 0.2) is 27.9 Å². The van der Waals surface area contributed by atoms with Gasteiger partial charge in [-0.05, 0) is 27.7 Å². The summed E-state index contributed by atoms with van der Waals surface area (Å²) < 4.78 is 19.9. The summed E-state index contributed by atoms with van der Waals surface area (Å²) in [5, 5.41) is -0.632. The zero-order valence-corrected chi connectivity index (χ0v) is 19.2. The molecule has 0 unspecified atom stereocenters. The van der Waals surface area contributed by atoms with Crippen molar-refractivity contribution in [3.63, 3.8) is 0 Å². The van der Waals surface area contributed by atoms with Crippen molar-refractivity contribution in [2.75, 3.05) is 26.4 Å². The summed E-state index contributed by atoms with van der Waals surface area (Å²) in [4.78, 5) is 74.7. The van der Waals surface area contributed by atoms with E-state index < -0.39 is 51.5 Å². The van der Waals surface area contributed by atoms with Crippen LogP contribution >= 0.6 is 11.6 Å². The molecule has 0 N–H and O–H groups in total. The maximum absolute atomic E-state index is 13.2. The molecule has 0 saturated carbocycles. The van der Waals surface area contributed by atoms with Crippen molar-refractivity contribution >= 4 is 46.9 Å². The normalized spacial score (nSPS) is 11.5. The summed E-state index contributed by atoms with van der Waals surface area (Å²) in [6, 6.07) is 0. The van der Waals surface area contributed by atoms with Crippen LogP contribution in [0.3, 0.4) is 0 Å². The molecule has 0 saturated heterocycles. The highest BCUT2D eigenvalue weighted by molar-refractivity contribution is 6.30. The molecule has 12 nitrogen and oxygen atoms in total. The van der Waals surface area contributed by atoms with Crippen LogP contribution in [0.2, 0.25) is 5.02 Å². The molecule has 13 heteroatoms. The van der Waals surface area contributed by atoms with Gasteiger partial charge in [-0.15, -0.1) is 0 Å². The number of halogens is 1. The average Bonchev–Trinajstić information content (AvgIpc) is 2.75. The van der Waals surface area contributed by atoms with E-state index in [1.807, 2.05) is 0 Å². The van der Waals surface area contributed by atoms with Gasteiger partial charge in [0, 0.05) is 6.20 Å². The molecule has 0 aliphatic heterocycles. The number of aromatic nitrogens is 2. The quantitative estimate of drug-likeness (QED) is 0.261. The van der Waals surface area contributed by atoms with Crippen LogP contribution in [0.25, 0.3) is 11.4 Å². The Balaban J connectivity index is 3.95. The zero-order valence-electron chi connectivity index (χ0n) is 18.4. The Bertz CT molecular complexity index is 1100. The number of esters is 4. The highest BCUT2D eigenvalue weighted by Crippen LogP contribution is 2.11. The van der Waals surface area contributed by atoms with E-state index in [-0.39, 0.29) is 31.0 Å². The third-order valence-electron chi connectivity index (χ3n) is 3.60. The Morgan fingerprint density at radius 2 is 1.21 bits per heavy atom. The Labute approximate surface area is 192 Å². The number of carbonyl (C=O) groups is 4. The fourth-order valence-corrected chi connectivity index (χ4v) is 2.54. The van der Waals surface area contributed by atoms with Gasteiger partial charge in [0.1, 0.15) is 16.4 Å². The van der Waals surface area contributed by atoms with Gasteiger partial charge in [-0.2, -0.15) is 0 Å². The number of nitrogens with zero attached hydrogens (tertiary/aromatic N) is 2. The van der Waals surface area contributed by atoms with Crippen molar-refractivity contribution in [1.29, 1.82) is 0 Å². The zero-order chi connectivity index (χ0) is 25.1. The maximum Gasteiger partial charge on any atom is 0.355 e. The van der Waals surface area contributed by atoms with Gasteiger partial charge in [0.25, 0.3) is 5.56 Å². The van der Waals surface area contributed by atoms with Crippen molar-refractivity contribution in [1.82, 2.24) is 9.13 Å². The van der Waals surface area contributed by atoms with Crippen molar-refractivity contribution < 1.29 is 38.1 Å². The van der Waals surface area contributed by atoms with Crippen LogP contribution in [0.1, 0.15) is 27.7 Å². The summed E-state index contributed by atoms with van der Waals surface area (Å²) in [7, 11) is 0. The molecule has 0 aliphatic carbocycles. The van der Waals surface area contributed by atoms with E-state index in [2.05, 4.69) is 0 Å².